The Hall–Kier alpha value is -2.30. The molecule has 0 spiro atoms. The summed E-state index contributed by atoms with van der Waals surface area (Å²) in [5.41, 5.74) is 8.85. The molecule has 0 bridgehead atoms. The molecule has 0 aliphatic carbocycles. The van der Waals surface area contributed by atoms with Crippen LogP contribution in [0.4, 0.5) is 0 Å². The number of allylic oxidation sites excluding steroid dienone is 1. The van der Waals surface area contributed by atoms with Crippen molar-refractivity contribution in [3.8, 4) is 0 Å². The molecule has 2 aliphatic rings. The summed E-state index contributed by atoms with van der Waals surface area (Å²) in [7, 11) is 1.47. The third-order valence-corrected chi connectivity index (χ3v) is 5.00. The highest BCUT2D eigenvalue weighted by Crippen LogP contribution is 2.43. The van der Waals surface area contributed by atoms with Crippen LogP contribution >= 0.6 is 0 Å². The van der Waals surface area contributed by atoms with Crippen LogP contribution in [-0.2, 0) is 39.8 Å². The minimum absolute atomic E-state index is 0.0349. The molecule has 1 aromatic rings. The quantitative estimate of drug-likeness (QED) is 0.100. The maximum Gasteiger partial charge on any atom is 0.190 e. The minimum Gasteiger partial charge on any atom is -0.368 e. The molecular weight excluding hydrogens is 406 g/mol. The molecule has 0 amide bonds. The van der Waals surface area contributed by atoms with Gasteiger partial charge in [-0.3, -0.25) is 4.79 Å². The van der Waals surface area contributed by atoms with Crippen LogP contribution in [0.5, 0.6) is 0 Å². The van der Waals surface area contributed by atoms with E-state index in [9.17, 15) is 10.3 Å². The Balaban J connectivity index is 1.93. The van der Waals surface area contributed by atoms with Gasteiger partial charge in [-0.2, -0.15) is 0 Å². The number of benzene rings is 1. The summed E-state index contributed by atoms with van der Waals surface area (Å²) in [6.45, 7) is 3.71. The number of carbonyl (C=O) groups is 1. The lowest BCUT2D eigenvalue weighted by Gasteiger charge is -2.36. The number of aldehydes is 1. The van der Waals surface area contributed by atoms with Crippen molar-refractivity contribution in [2.75, 3.05) is 20.5 Å². The first-order valence-corrected chi connectivity index (χ1v) is 9.87. The van der Waals surface area contributed by atoms with Gasteiger partial charge < -0.3 is 28.4 Å². The van der Waals surface area contributed by atoms with Crippen LogP contribution in [0.1, 0.15) is 19.4 Å². The molecule has 5 atom stereocenters. The number of fused-ring (bicyclic) bond motifs is 1. The SMILES string of the molecule is COCOCC(/C=C\C=O)(N=[N+]=[N-])C1OC2OC(C)(C)OC2C1OCc1ccccc1. The molecule has 0 N–H and O–H groups in total. The predicted octanol–water partition coefficient (Wildman–Crippen LogP) is 2.87. The second kappa shape index (κ2) is 10.3. The Morgan fingerprint density at radius 2 is 2.06 bits per heavy atom. The molecule has 10 heteroatoms. The summed E-state index contributed by atoms with van der Waals surface area (Å²) >= 11 is 0. The van der Waals surface area contributed by atoms with Gasteiger partial charge in [0.25, 0.3) is 0 Å². The second-order valence-corrected chi connectivity index (χ2v) is 7.72. The van der Waals surface area contributed by atoms with Gasteiger partial charge in [0.1, 0.15) is 36.9 Å². The third-order valence-electron chi connectivity index (χ3n) is 5.00. The van der Waals surface area contributed by atoms with Crippen LogP contribution in [0.3, 0.4) is 0 Å². The number of rotatable bonds is 11. The lowest BCUT2D eigenvalue weighted by molar-refractivity contribution is -0.227. The molecule has 2 saturated heterocycles. The van der Waals surface area contributed by atoms with Crippen molar-refractivity contribution in [1.29, 1.82) is 0 Å². The first-order valence-electron chi connectivity index (χ1n) is 9.87. The Bertz CT molecular complexity index is 812. The van der Waals surface area contributed by atoms with E-state index in [1.54, 1.807) is 13.8 Å². The highest BCUT2D eigenvalue weighted by atomic mass is 16.8. The molecule has 31 heavy (non-hydrogen) atoms. The minimum atomic E-state index is -1.39. The molecule has 3 rings (SSSR count). The predicted molar refractivity (Wildman–Crippen MR) is 109 cm³/mol. The van der Waals surface area contributed by atoms with Crippen molar-refractivity contribution >= 4 is 6.29 Å². The van der Waals surface area contributed by atoms with Crippen molar-refractivity contribution in [1.82, 2.24) is 0 Å². The summed E-state index contributed by atoms with van der Waals surface area (Å²) in [5, 5.41) is 3.95. The fourth-order valence-corrected chi connectivity index (χ4v) is 3.75. The molecular formula is C21H27N3O7. The standard InChI is InChI=1S/C21H27N3O7/c1-20(2)30-17-16(28-12-15-8-5-4-6-9-15)18(29-19(17)31-20)21(23-24-22,10-7-11-25)13-27-14-26-3/h4-11,16-19H,12-14H2,1-3H3/b10-7-. The highest BCUT2D eigenvalue weighted by Gasteiger charge is 2.60. The summed E-state index contributed by atoms with van der Waals surface area (Å²) in [6, 6.07) is 9.62. The van der Waals surface area contributed by atoms with Gasteiger partial charge in [0.05, 0.1) is 13.2 Å². The van der Waals surface area contributed by atoms with E-state index < -0.39 is 35.9 Å². The molecule has 0 aromatic heterocycles. The van der Waals surface area contributed by atoms with Gasteiger partial charge in [0.15, 0.2) is 12.1 Å². The van der Waals surface area contributed by atoms with E-state index in [4.69, 9.17) is 28.4 Å². The van der Waals surface area contributed by atoms with Crippen molar-refractivity contribution in [2.45, 2.75) is 56.4 Å². The lowest BCUT2D eigenvalue weighted by Crippen LogP contribution is -2.51. The maximum absolute atomic E-state index is 11.1. The van der Waals surface area contributed by atoms with Gasteiger partial charge in [0, 0.05) is 12.0 Å². The third kappa shape index (κ3) is 5.50. The number of ether oxygens (including phenoxy) is 6. The van der Waals surface area contributed by atoms with E-state index >= 15 is 0 Å². The fourth-order valence-electron chi connectivity index (χ4n) is 3.75. The summed E-state index contributed by atoms with van der Waals surface area (Å²) < 4.78 is 34.7. The second-order valence-electron chi connectivity index (χ2n) is 7.72. The largest absolute Gasteiger partial charge is 0.368 e. The van der Waals surface area contributed by atoms with Crippen molar-refractivity contribution in [3.05, 3.63) is 58.5 Å². The van der Waals surface area contributed by atoms with Gasteiger partial charge in [-0.05, 0) is 31.0 Å². The zero-order chi connectivity index (χ0) is 22.3. The van der Waals surface area contributed by atoms with Crippen LogP contribution in [0, 0.1) is 0 Å². The van der Waals surface area contributed by atoms with E-state index in [-0.39, 0.29) is 20.0 Å². The van der Waals surface area contributed by atoms with Gasteiger partial charge in [-0.1, -0.05) is 41.5 Å². The monoisotopic (exact) mass is 433 g/mol. The van der Waals surface area contributed by atoms with E-state index in [0.29, 0.717) is 6.29 Å². The summed E-state index contributed by atoms with van der Waals surface area (Å²) in [5.74, 6) is -0.860. The Labute approximate surface area is 180 Å². The Morgan fingerprint density at radius 1 is 1.29 bits per heavy atom. The Kier molecular flexibility index (Phi) is 7.79. The van der Waals surface area contributed by atoms with Crippen molar-refractivity contribution in [3.63, 3.8) is 0 Å². The average Bonchev–Trinajstić information content (AvgIpc) is 3.23. The van der Waals surface area contributed by atoms with Crippen LogP contribution in [0.15, 0.2) is 47.6 Å². The maximum atomic E-state index is 11.1. The van der Waals surface area contributed by atoms with E-state index in [0.717, 1.165) is 5.56 Å². The number of hydrogen-bond donors (Lipinski definition) is 0. The molecule has 0 saturated carbocycles. The molecule has 2 aliphatic heterocycles. The number of methoxy groups -OCH3 is 1. The van der Waals surface area contributed by atoms with Crippen LogP contribution in [0.2, 0.25) is 0 Å². The molecule has 0 radical (unpaired) electrons. The highest BCUT2D eigenvalue weighted by molar-refractivity contribution is 5.65. The van der Waals surface area contributed by atoms with Crippen LogP contribution < -0.4 is 0 Å². The van der Waals surface area contributed by atoms with Gasteiger partial charge in [0.2, 0.25) is 0 Å². The molecule has 2 fully saturated rings. The molecule has 10 nitrogen and oxygen atoms in total. The smallest absolute Gasteiger partial charge is 0.190 e. The summed E-state index contributed by atoms with van der Waals surface area (Å²) in [4.78, 5) is 14.0. The topological polar surface area (TPSA) is 121 Å². The van der Waals surface area contributed by atoms with E-state index in [1.165, 1.54) is 19.3 Å². The van der Waals surface area contributed by atoms with E-state index in [1.807, 2.05) is 30.3 Å². The van der Waals surface area contributed by atoms with Gasteiger partial charge in [-0.15, -0.1) is 0 Å². The Morgan fingerprint density at radius 3 is 2.74 bits per heavy atom. The first-order chi connectivity index (χ1) is 14.9. The van der Waals surface area contributed by atoms with Crippen LogP contribution in [0.25, 0.3) is 10.4 Å². The number of hydrogen-bond acceptors (Lipinski definition) is 8. The number of azide groups is 1. The number of nitrogens with zero attached hydrogens (tertiary/aromatic N) is 3. The molecule has 5 unspecified atom stereocenters. The fraction of sp³-hybridized carbons (Fsp3) is 0.571. The van der Waals surface area contributed by atoms with Crippen molar-refractivity contribution in [2.24, 2.45) is 5.11 Å². The zero-order valence-electron chi connectivity index (χ0n) is 17.7. The van der Waals surface area contributed by atoms with E-state index in [2.05, 4.69) is 10.0 Å². The average molecular weight is 433 g/mol. The number of carbonyl (C=O) groups excluding carboxylic acids is 1. The van der Waals surface area contributed by atoms with Crippen LogP contribution in [-0.4, -0.2) is 62.7 Å². The van der Waals surface area contributed by atoms with Gasteiger partial charge in [-0.25, -0.2) is 0 Å². The zero-order valence-corrected chi connectivity index (χ0v) is 17.7. The molecule has 2 heterocycles. The van der Waals surface area contributed by atoms with Gasteiger partial charge >= 0.3 is 0 Å². The first kappa shape index (κ1) is 23.4. The summed E-state index contributed by atoms with van der Waals surface area (Å²) in [6.07, 6.45) is 0.466. The normalized spacial score (nSPS) is 28.7. The van der Waals surface area contributed by atoms with Crippen molar-refractivity contribution < 1.29 is 33.2 Å². The molecule has 168 valence electrons. The lowest BCUT2D eigenvalue weighted by atomic mass is 9.89. The molecule has 1 aromatic carbocycles.